The van der Waals surface area contributed by atoms with Gasteiger partial charge in [-0.2, -0.15) is 4.31 Å². The predicted molar refractivity (Wildman–Crippen MR) is 82.1 cm³/mol. The van der Waals surface area contributed by atoms with Gasteiger partial charge >= 0.3 is 0 Å². The van der Waals surface area contributed by atoms with Gasteiger partial charge in [0.2, 0.25) is 10.0 Å². The molecule has 0 atom stereocenters. The summed E-state index contributed by atoms with van der Waals surface area (Å²) in [6.07, 6.45) is 3.09. The molecule has 0 heterocycles. The standard InChI is InChI=1S/C14H20N2O3S/c1-3-9-16(10-4-2)20(17,18)12-11-19-14-7-5-13(15)6-8-14/h3-8H,1-2,9-12,15H2. The summed E-state index contributed by atoms with van der Waals surface area (Å²) in [6, 6.07) is 6.80. The first-order valence-electron chi connectivity index (χ1n) is 6.17. The zero-order valence-electron chi connectivity index (χ0n) is 11.4. The molecule has 0 aliphatic carbocycles. The van der Waals surface area contributed by atoms with Crippen LogP contribution in [0, 0.1) is 0 Å². The lowest BCUT2D eigenvalue weighted by Crippen LogP contribution is -2.35. The van der Waals surface area contributed by atoms with E-state index in [-0.39, 0.29) is 25.4 Å². The van der Waals surface area contributed by atoms with Gasteiger partial charge in [-0.1, -0.05) is 12.2 Å². The summed E-state index contributed by atoms with van der Waals surface area (Å²) < 4.78 is 30.9. The highest BCUT2D eigenvalue weighted by atomic mass is 32.2. The maximum Gasteiger partial charge on any atom is 0.218 e. The second-order valence-electron chi connectivity index (χ2n) is 4.13. The van der Waals surface area contributed by atoms with E-state index >= 15 is 0 Å². The second kappa shape index (κ2) is 7.72. The van der Waals surface area contributed by atoms with Crippen LogP contribution in [0.15, 0.2) is 49.6 Å². The van der Waals surface area contributed by atoms with Crippen molar-refractivity contribution in [2.45, 2.75) is 0 Å². The number of ether oxygens (including phenoxy) is 1. The van der Waals surface area contributed by atoms with E-state index in [0.29, 0.717) is 11.4 Å². The highest BCUT2D eigenvalue weighted by Gasteiger charge is 2.19. The number of hydrogen-bond acceptors (Lipinski definition) is 4. The fraction of sp³-hybridized carbons (Fsp3) is 0.286. The van der Waals surface area contributed by atoms with E-state index in [1.807, 2.05) is 0 Å². The first-order chi connectivity index (χ1) is 9.49. The molecule has 1 aromatic carbocycles. The molecule has 0 amide bonds. The third-order valence-corrected chi connectivity index (χ3v) is 4.32. The molecule has 0 aliphatic heterocycles. The summed E-state index contributed by atoms with van der Waals surface area (Å²) in [7, 11) is -3.38. The molecule has 110 valence electrons. The molecule has 0 aliphatic rings. The molecule has 20 heavy (non-hydrogen) atoms. The van der Waals surface area contributed by atoms with Gasteiger partial charge in [-0.15, -0.1) is 13.2 Å². The quantitative estimate of drug-likeness (QED) is 0.555. The minimum Gasteiger partial charge on any atom is -0.492 e. The summed E-state index contributed by atoms with van der Waals surface area (Å²) in [5, 5.41) is 0. The number of hydrogen-bond donors (Lipinski definition) is 1. The van der Waals surface area contributed by atoms with Crippen LogP contribution in [0.2, 0.25) is 0 Å². The molecule has 2 N–H and O–H groups in total. The Morgan fingerprint density at radius 2 is 1.70 bits per heavy atom. The van der Waals surface area contributed by atoms with Crippen molar-refractivity contribution < 1.29 is 13.2 Å². The topological polar surface area (TPSA) is 72.6 Å². The number of anilines is 1. The molecule has 0 radical (unpaired) electrons. The number of benzene rings is 1. The Labute approximate surface area is 120 Å². The minimum atomic E-state index is -3.38. The first-order valence-corrected chi connectivity index (χ1v) is 7.78. The van der Waals surface area contributed by atoms with Crippen molar-refractivity contribution in [2.75, 3.05) is 31.2 Å². The van der Waals surface area contributed by atoms with Crippen LogP contribution in [0.4, 0.5) is 5.69 Å². The molecule has 5 nitrogen and oxygen atoms in total. The van der Waals surface area contributed by atoms with Crippen LogP contribution in [0.1, 0.15) is 0 Å². The van der Waals surface area contributed by atoms with Gasteiger partial charge in [0.25, 0.3) is 0 Å². The van der Waals surface area contributed by atoms with Crippen LogP contribution in [0.25, 0.3) is 0 Å². The van der Waals surface area contributed by atoms with E-state index in [4.69, 9.17) is 10.5 Å². The highest BCUT2D eigenvalue weighted by Crippen LogP contribution is 2.13. The van der Waals surface area contributed by atoms with E-state index in [0.717, 1.165) is 0 Å². The van der Waals surface area contributed by atoms with Crippen LogP contribution in [0.3, 0.4) is 0 Å². The lowest BCUT2D eigenvalue weighted by atomic mass is 10.3. The van der Waals surface area contributed by atoms with Crippen molar-refractivity contribution >= 4 is 15.7 Å². The zero-order valence-corrected chi connectivity index (χ0v) is 12.2. The lowest BCUT2D eigenvalue weighted by Gasteiger charge is -2.19. The molecule has 1 rings (SSSR count). The number of sulfonamides is 1. The molecule has 1 aromatic rings. The van der Waals surface area contributed by atoms with Crippen molar-refractivity contribution in [3.8, 4) is 5.75 Å². The monoisotopic (exact) mass is 296 g/mol. The number of nitrogen functional groups attached to an aromatic ring is 1. The van der Waals surface area contributed by atoms with Crippen molar-refractivity contribution in [3.63, 3.8) is 0 Å². The molecule has 0 fully saturated rings. The van der Waals surface area contributed by atoms with Crippen LogP contribution >= 0.6 is 0 Å². The van der Waals surface area contributed by atoms with Gasteiger partial charge in [0.15, 0.2) is 0 Å². The summed E-state index contributed by atoms with van der Waals surface area (Å²) in [4.78, 5) is 0. The molecule has 0 bridgehead atoms. The van der Waals surface area contributed by atoms with Crippen LogP contribution in [-0.4, -0.2) is 38.2 Å². The van der Waals surface area contributed by atoms with Crippen LogP contribution < -0.4 is 10.5 Å². The molecule has 0 spiro atoms. The Balaban J connectivity index is 2.55. The third kappa shape index (κ3) is 5.07. The van der Waals surface area contributed by atoms with Gasteiger partial charge in [-0.3, -0.25) is 0 Å². The Kier molecular flexibility index (Phi) is 6.27. The molecular formula is C14H20N2O3S. The lowest BCUT2D eigenvalue weighted by molar-refractivity contribution is 0.337. The maximum atomic E-state index is 12.1. The van der Waals surface area contributed by atoms with E-state index in [9.17, 15) is 8.42 Å². The molecular weight excluding hydrogens is 276 g/mol. The highest BCUT2D eigenvalue weighted by molar-refractivity contribution is 7.89. The van der Waals surface area contributed by atoms with Gasteiger partial charge < -0.3 is 10.5 Å². The maximum absolute atomic E-state index is 12.1. The predicted octanol–water partition coefficient (Wildman–Crippen LogP) is 1.65. The fourth-order valence-corrected chi connectivity index (χ4v) is 2.76. The summed E-state index contributed by atoms with van der Waals surface area (Å²) in [5.41, 5.74) is 6.19. The molecule has 0 saturated heterocycles. The average molecular weight is 296 g/mol. The normalized spacial score (nSPS) is 11.2. The first kappa shape index (κ1) is 16.3. The molecule has 0 unspecified atom stereocenters. The molecule has 0 aromatic heterocycles. The fourth-order valence-electron chi connectivity index (χ4n) is 1.55. The van der Waals surface area contributed by atoms with Crippen molar-refractivity contribution in [2.24, 2.45) is 0 Å². The van der Waals surface area contributed by atoms with Gasteiger partial charge in [-0.05, 0) is 24.3 Å². The van der Waals surface area contributed by atoms with Crippen molar-refractivity contribution in [1.29, 1.82) is 0 Å². The Bertz CT molecular complexity index is 528. The number of nitrogens with two attached hydrogens (primary N) is 1. The Morgan fingerprint density at radius 1 is 1.15 bits per heavy atom. The van der Waals surface area contributed by atoms with Crippen LogP contribution in [-0.2, 0) is 10.0 Å². The van der Waals surface area contributed by atoms with Gasteiger partial charge in [-0.25, -0.2) is 8.42 Å². The van der Waals surface area contributed by atoms with E-state index in [1.165, 1.54) is 4.31 Å². The Morgan fingerprint density at radius 3 is 2.20 bits per heavy atom. The van der Waals surface area contributed by atoms with Gasteiger partial charge in [0, 0.05) is 18.8 Å². The van der Waals surface area contributed by atoms with Crippen LogP contribution in [0.5, 0.6) is 5.75 Å². The third-order valence-electron chi connectivity index (χ3n) is 2.55. The number of nitrogens with zero attached hydrogens (tertiary/aromatic N) is 1. The minimum absolute atomic E-state index is 0.0804. The summed E-state index contributed by atoms with van der Waals surface area (Å²) >= 11 is 0. The summed E-state index contributed by atoms with van der Waals surface area (Å²) in [6.45, 7) is 7.70. The van der Waals surface area contributed by atoms with Gasteiger partial charge in [0.1, 0.15) is 12.4 Å². The largest absolute Gasteiger partial charge is 0.492 e. The van der Waals surface area contributed by atoms with Crippen molar-refractivity contribution in [1.82, 2.24) is 4.31 Å². The van der Waals surface area contributed by atoms with E-state index in [2.05, 4.69) is 13.2 Å². The second-order valence-corrected chi connectivity index (χ2v) is 6.22. The molecule has 6 heteroatoms. The smallest absolute Gasteiger partial charge is 0.218 e. The Hall–Kier alpha value is -1.79. The summed E-state index contributed by atoms with van der Waals surface area (Å²) in [5.74, 6) is 0.493. The van der Waals surface area contributed by atoms with Gasteiger partial charge in [0.05, 0.1) is 5.75 Å². The number of rotatable bonds is 9. The van der Waals surface area contributed by atoms with E-state index in [1.54, 1.807) is 36.4 Å². The van der Waals surface area contributed by atoms with E-state index < -0.39 is 10.0 Å². The molecule has 0 saturated carbocycles. The average Bonchev–Trinajstić information content (AvgIpc) is 2.41. The van der Waals surface area contributed by atoms with Crippen molar-refractivity contribution in [3.05, 3.63) is 49.6 Å². The SMILES string of the molecule is C=CCN(CC=C)S(=O)(=O)CCOc1ccc(N)cc1. The zero-order chi connectivity index (χ0) is 15.0.